The number of hydrogen-bond donors (Lipinski definition) is 1. The zero-order chi connectivity index (χ0) is 19.9. The van der Waals surface area contributed by atoms with E-state index in [9.17, 15) is 13.9 Å². The van der Waals surface area contributed by atoms with Gasteiger partial charge in [-0.05, 0) is 25.1 Å². The molecule has 4 rings (SSSR count). The van der Waals surface area contributed by atoms with Crippen LogP contribution >= 0.6 is 11.6 Å². The van der Waals surface area contributed by atoms with Crippen molar-refractivity contribution in [2.45, 2.75) is 25.1 Å². The molecule has 0 radical (unpaired) electrons. The number of fused-ring (bicyclic) bond motifs is 1. The van der Waals surface area contributed by atoms with Gasteiger partial charge in [-0.15, -0.1) is 0 Å². The van der Waals surface area contributed by atoms with E-state index in [1.165, 1.54) is 28.1 Å². The topological polar surface area (TPSA) is 68.8 Å². The maximum atomic E-state index is 14.7. The van der Waals surface area contributed by atoms with Gasteiger partial charge in [0, 0.05) is 17.0 Å². The normalized spacial score (nSPS) is 14.9. The molecule has 0 aliphatic heterocycles. The summed E-state index contributed by atoms with van der Waals surface area (Å²) in [7, 11) is 0. The van der Waals surface area contributed by atoms with Gasteiger partial charge in [-0.2, -0.15) is 10.2 Å². The van der Waals surface area contributed by atoms with Crippen LogP contribution in [0.3, 0.4) is 0 Å². The molecule has 0 unspecified atom stereocenters. The molecule has 0 bridgehead atoms. The summed E-state index contributed by atoms with van der Waals surface area (Å²) < 4.78 is 31.1. The number of benzene rings is 2. The van der Waals surface area contributed by atoms with Crippen molar-refractivity contribution in [3.05, 3.63) is 77.5 Å². The Bertz CT molecular complexity index is 1130. The number of aromatic nitrogens is 5. The van der Waals surface area contributed by atoms with E-state index in [1.54, 1.807) is 6.92 Å². The van der Waals surface area contributed by atoms with Crippen molar-refractivity contribution in [3.8, 4) is 0 Å². The zero-order valence-electron chi connectivity index (χ0n) is 14.8. The van der Waals surface area contributed by atoms with Gasteiger partial charge in [-0.25, -0.2) is 18.4 Å². The molecule has 0 spiro atoms. The smallest absolute Gasteiger partial charge is 0.158 e. The molecule has 144 valence electrons. The molecule has 9 heteroatoms. The second-order valence-electron chi connectivity index (χ2n) is 6.57. The van der Waals surface area contributed by atoms with Crippen LogP contribution in [-0.4, -0.2) is 29.7 Å². The minimum atomic E-state index is -1.82. The fraction of sp³-hybridized carbons (Fsp3) is 0.211. The first-order valence-electron chi connectivity index (χ1n) is 8.53. The third-order valence-corrected chi connectivity index (χ3v) is 5.17. The number of aliphatic hydroxyl groups is 1. The molecular formula is C19H16ClF2N5O. The molecule has 0 amide bonds. The first-order chi connectivity index (χ1) is 13.4. The molecular weight excluding hydrogens is 388 g/mol. The number of rotatable bonds is 5. The Kier molecular flexibility index (Phi) is 4.60. The van der Waals surface area contributed by atoms with Crippen LogP contribution in [0.25, 0.3) is 10.9 Å². The van der Waals surface area contributed by atoms with Crippen LogP contribution in [0.4, 0.5) is 8.78 Å². The largest absolute Gasteiger partial charge is 0.381 e. The Morgan fingerprint density at radius 1 is 1.21 bits per heavy atom. The second-order valence-corrected chi connectivity index (χ2v) is 6.93. The van der Waals surface area contributed by atoms with Gasteiger partial charge in [0.2, 0.25) is 0 Å². The van der Waals surface area contributed by atoms with Gasteiger partial charge < -0.3 is 5.11 Å². The molecule has 2 atom stereocenters. The minimum absolute atomic E-state index is 0.0763. The van der Waals surface area contributed by atoms with Crippen LogP contribution in [0.5, 0.6) is 0 Å². The molecule has 6 nitrogen and oxygen atoms in total. The Morgan fingerprint density at radius 2 is 2.00 bits per heavy atom. The van der Waals surface area contributed by atoms with Gasteiger partial charge in [0.05, 0.1) is 18.1 Å². The van der Waals surface area contributed by atoms with E-state index >= 15 is 0 Å². The Hall–Kier alpha value is -2.84. The van der Waals surface area contributed by atoms with E-state index in [0.717, 1.165) is 12.1 Å². The molecule has 0 aliphatic rings. The van der Waals surface area contributed by atoms with Gasteiger partial charge in [0.15, 0.2) is 5.15 Å². The highest BCUT2D eigenvalue weighted by Gasteiger charge is 2.41. The Morgan fingerprint density at radius 3 is 2.71 bits per heavy atom. The first kappa shape index (κ1) is 18.5. The predicted octanol–water partition coefficient (Wildman–Crippen LogP) is 3.71. The van der Waals surface area contributed by atoms with Crippen LogP contribution in [-0.2, 0) is 12.1 Å². The Balaban J connectivity index is 1.89. The summed E-state index contributed by atoms with van der Waals surface area (Å²) in [6.45, 7) is 1.57. The highest BCUT2D eigenvalue weighted by Crippen LogP contribution is 2.38. The van der Waals surface area contributed by atoms with Crippen molar-refractivity contribution in [1.82, 2.24) is 24.5 Å². The molecule has 4 aromatic rings. The average molecular weight is 404 g/mol. The quantitative estimate of drug-likeness (QED) is 0.551. The molecule has 2 aromatic heterocycles. The van der Waals surface area contributed by atoms with Gasteiger partial charge in [-0.3, -0.25) is 4.68 Å². The summed E-state index contributed by atoms with van der Waals surface area (Å²) in [5, 5.41) is 21.0. The van der Waals surface area contributed by atoms with Crippen molar-refractivity contribution in [3.63, 3.8) is 0 Å². The standard InChI is InChI=1S/C19H16ClF2N5O/c1-12(27-17-5-3-2-4-14(17)18(20)25-27)19(28,9-26-11-23-10-24-26)15-7-6-13(21)8-16(15)22/h2-8,10-12,28H,9H2,1H3/t12-,19-/m1/s1. The average Bonchev–Trinajstić information content (AvgIpc) is 3.29. The fourth-order valence-corrected chi connectivity index (χ4v) is 3.63. The maximum Gasteiger partial charge on any atom is 0.158 e. The molecule has 2 aromatic carbocycles. The second kappa shape index (κ2) is 6.96. The highest BCUT2D eigenvalue weighted by atomic mass is 35.5. The number of nitrogens with zero attached hydrogens (tertiary/aromatic N) is 5. The first-order valence-corrected chi connectivity index (χ1v) is 8.91. The maximum absolute atomic E-state index is 14.7. The van der Waals surface area contributed by atoms with E-state index < -0.39 is 23.3 Å². The SMILES string of the molecule is C[C@@H](n1nc(Cl)c2ccccc21)[C@](O)(Cn1cncn1)c1ccc(F)cc1F. The number of hydrogen-bond acceptors (Lipinski definition) is 4. The number of para-hydroxylation sites is 1. The van der Waals surface area contributed by atoms with Gasteiger partial charge in [0.25, 0.3) is 0 Å². The summed E-state index contributed by atoms with van der Waals surface area (Å²) >= 11 is 6.25. The summed E-state index contributed by atoms with van der Waals surface area (Å²) in [5.41, 5.74) is -1.21. The van der Waals surface area contributed by atoms with Crippen molar-refractivity contribution >= 4 is 22.5 Å². The van der Waals surface area contributed by atoms with E-state index in [1.807, 2.05) is 24.3 Å². The third kappa shape index (κ3) is 3.04. The van der Waals surface area contributed by atoms with Crippen LogP contribution in [0.1, 0.15) is 18.5 Å². The van der Waals surface area contributed by atoms with Crippen LogP contribution in [0.15, 0.2) is 55.1 Å². The summed E-state index contributed by atoms with van der Waals surface area (Å²) in [6.07, 6.45) is 2.72. The highest BCUT2D eigenvalue weighted by molar-refractivity contribution is 6.34. The minimum Gasteiger partial charge on any atom is -0.381 e. The lowest BCUT2D eigenvalue weighted by Gasteiger charge is -2.35. The van der Waals surface area contributed by atoms with Crippen molar-refractivity contribution in [1.29, 1.82) is 0 Å². The Labute approximate surface area is 164 Å². The number of halogens is 3. The van der Waals surface area contributed by atoms with E-state index in [-0.39, 0.29) is 17.3 Å². The van der Waals surface area contributed by atoms with Gasteiger partial charge >= 0.3 is 0 Å². The predicted molar refractivity (Wildman–Crippen MR) is 99.7 cm³/mol. The molecule has 0 saturated carbocycles. The van der Waals surface area contributed by atoms with Crippen molar-refractivity contribution < 1.29 is 13.9 Å². The van der Waals surface area contributed by atoms with Gasteiger partial charge in [0.1, 0.15) is 29.9 Å². The van der Waals surface area contributed by atoms with E-state index in [0.29, 0.717) is 10.9 Å². The van der Waals surface area contributed by atoms with Crippen molar-refractivity contribution in [2.75, 3.05) is 0 Å². The molecule has 2 heterocycles. The fourth-order valence-electron chi connectivity index (χ4n) is 3.39. The van der Waals surface area contributed by atoms with E-state index in [2.05, 4.69) is 15.2 Å². The lowest BCUT2D eigenvalue weighted by molar-refractivity contribution is -0.0354. The van der Waals surface area contributed by atoms with E-state index in [4.69, 9.17) is 11.6 Å². The summed E-state index contributed by atoms with van der Waals surface area (Å²) in [5.74, 6) is -1.60. The molecule has 0 saturated heterocycles. The molecule has 28 heavy (non-hydrogen) atoms. The molecule has 0 aliphatic carbocycles. The molecule has 1 N–H and O–H groups in total. The summed E-state index contributed by atoms with van der Waals surface area (Å²) in [6, 6.07) is 9.56. The lowest BCUT2D eigenvalue weighted by atomic mass is 9.86. The third-order valence-electron chi connectivity index (χ3n) is 4.89. The van der Waals surface area contributed by atoms with Crippen LogP contribution in [0.2, 0.25) is 5.15 Å². The zero-order valence-corrected chi connectivity index (χ0v) is 15.6. The van der Waals surface area contributed by atoms with Crippen LogP contribution < -0.4 is 0 Å². The van der Waals surface area contributed by atoms with Crippen molar-refractivity contribution in [2.24, 2.45) is 0 Å². The molecule has 0 fully saturated rings. The summed E-state index contributed by atoms with van der Waals surface area (Å²) in [4.78, 5) is 3.87. The monoisotopic (exact) mass is 403 g/mol. The van der Waals surface area contributed by atoms with Gasteiger partial charge in [-0.1, -0.05) is 29.8 Å². The lowest BCUT2D eigenvalue weighted by Crippen LogP contribution is -2.41. The van der Waals surface area contributed by atoms with Crippen LogP contribution in [0, 0.1) is 11.6 Å².